The molecule has 0 aliphatic carbocycles. The minimum absolute atomic E-state index is 0.0346. The number of hydrogen-bond acceptors (Lipinski definition) is 5. The fraction of sp³-hybridized carbons (Fsp3) is 0.158. The van der Waals surface area contributed by atoms with Crippen LogP contribution in [-0.2, 0) is 11.3 Å². The summed E-state index contributed by atoms with van der Waals surface area (Å²) in [5, 5.41) is 20.1. The Morgan fingerprint density at radius 1 is 1.23 bits per heavy atom. The van der Waals surface area contributed by atoms with E-state index in [2.05, 4.69) is 21.7 Å². The number of hydrogen-bond donors (Lipinski definition) is 1. The van der Waals surface area contributed by atoms with Gasteiger partial charge in [-0.2, -0.15) is 5.26 Å². The molecule has 0 saturated carbocycles. The van der Waals surface area contributed by atoms with E-state index < -0.39 is 6.04 Å². The maximum atomic E-state index is 12.3. The Morgan fingerprint density at radius 3 is 2.69 bits per heavy atom. The van der Waals surface area contributed by atoms with Gasteiger partial charge in [0.15, 0.2) is 0 Å². The zero-order chi connectivity index (χ0) is 18.4. The number of amides is 1. The summed E-state index contributed by atoms with van der Waals surface area (Å²) in [6.07, 6.45) is 1.69. The molecule has 7 heteroatoms. The second-order valence-electron chi connectivity index (χ2n) is 5.54. The van der Waals surface area contributed by atoms with Gasteiger partial charge in [-0.1, -0.05) is 53.7 Å². The van der Waals surface area contributed by atoms with Gasteiger partial charge in [0.1, 0.15) is 24.0 Å². The first kappa shape index (κ1) is 17.2. The van der Waals surface area contributed by atoms with Crippen LogP contribution < -0.4 is 10.1 Å². The maximum absolute atomic E-state index is 12.3. The van der Waals surface area contributed by atoms with Crippen LogP contribution in [0, 0.1) is 11.3 Å². The summed E-state index contributed by atoms with van der Waals surface area (Å²) in [4.78, 5) is 12.3. The van der Waals surface area contributed by atoms with Crippen LogP contribution in [0.1, 0.15) is 11.6 Å². The van der Waals surface area contributed by atoms with E-state index in [0.29, 0.717) is 17.0 Å². The van der Waals surface area contributed by atoms with Gasteiger partial charge in [0.25, 0.3) is 0 Å². The van der Waals surface area contributed by atoms with Gasteiger partial charge in [-0.05, 0) is 6.07 Å². The SMILES string of the molecule is COc1ccccc1C(C#N)NC(=O)Cn1cc(-c2ccccc2)nn1. The van der Waals surface area contributed by atoms with Crippen molar-refractivity contribution in [2.75, 3.05) is 7.11 Å². The molecular weight excluding hydrogens is 330 g/mol. The van der Waals surface area contributed by atoms with Gasteiger partial charge in [-0.15, -0.1) is 5.10 Å². The number of para-hydroxylation sites is 1. The van der Waals surface area contributed by atoms with E-state index in [-0.39, 0.29) is 12.5 Å². The van der Waals surface area contributed by atoms with E-state index >= 15 is 0 Å². The molecule has 0 radical (unpaired) electrons. The smallest absolute Gasteiger partial charge is 0.243 e. The first-order chi connectivity index (χ1) is 12.7. The van der Waals surface area contributed by atoms with Crippen LogP contribution in [-0.4, -0.2) is 28.0 Å². The van der Waals surface area contributed by atoms with E-state index in [1.807, 2.05) is 30.3 Å². The number of nitrogens with zero attached hydrogens (tertiary/aromatic N) is 4. The van der Waals surface area contributed by atoms with E-state index in [9.17, 15) is 10.1 Å². The number of nitriles is 1. The second kappa shape index (κ2) is 7.94. The van der Waals surface area contributed by atoms with Crippen molar-refractivity contribution in [3.63, 3.8) is 0 Å². The Morgan fingerprint density at radius 2 is 1.96 bits per heavy atom. The number of methoxy groups -OCH3 is 1. The van der Waals surface area contributed by atoms with Crippen molar-refractivity contribution < 1.29 is 9.53 Å². The van der Waals surface area contributed by atoms with Crippen molar-refractivity contribution in [2.45, 2.75) is 12.6 Å². The topological polar surface area (TPSA) is 92.8 Å². The van der Waals surface area contributed by atoms with Crippen molar-refractivity contribution in [3.05, 3.63) is 66.4 Å². The van der Waals surface area contributed by atoms with E-state index in [4.69, 9.17) is 4.74 Å². The van der Waals surface area contributed by atoms with Gasteiger partial charge in [-0.3, -0.25) is 4.79 Å². The van der Waals surface area contributed by atoms with Crippen LogP contribution in [0.25, 0.3) is 11.3 Å². The van der Waals surface area contributed by atoms with Crippen LogP contribution in [0.3, 0.4) is 0 Å². The molecule has 2 aromatic carbocycles. The molecule has 1 aromatic heterocycles. The van der Waals surface area contributed by atoms with Crippen molar-refractivity contribution in [1.29, 1.82) is 5.26 Å². The highest BCUT2D eigenvalue weighted by atomic mass is 16.5. The van der Waals surface area contributed by atoms with Gasteiger partial charge in [-0.25, -0.2) is 4.68 Å². The lowest BCUT2D eigenvalue weighted by Gasteiger charge is -2.15. The summed E-state index contributed by atoms with van der Waals surface area (Å²) in [5.74, 6) is 0.207. The van der Waals surface area contributed by atoms with Crippen LogP contribution in [0.15, 0.2) is 60.8 Å². The fourth-order valence-corrected chi connectivity index (χ4v) is 2.56. The highest BCUT2D eigenvalue weighted by Crippen LogP contribution is 2.24. The Balaban J connectivity index is 1.69. The normalized spacial score (nSPS) is 11.4. The molecular formula is C19H17N5O2. The molecule has 0 saturated heterocycles. The van der Waals surface area contributed by atoms with Gasteiger partial charge in [0.2, 0.25) is 5.91 Å². The second-order valence-corrected chi connectivity index (χ2v) is 5.54. The molecule has 0 aliphatic rings. The monoisotopic (exact) mass is 347 g/mol. The number of carbonyl (C=O) groups excluding carboxylic acids is 1. The summed E-state index contributed by atoms with van der Waals surface area (Å²) in [6, 6.07) is 17.9. The van der Waals surface area contributed by atoms with E-state index in [1.165, 1.54) is 11.8 Å². The summed E-state index contributed by atoms with van der Waals surface area (Å²) in [6.45, 7) is -0.0346. The Bertz CT molecular complexity index is 930. The minimum Gasteiger partial charge on any atom is -0.496 e. The van der Waals surface area contributed by atoms with Crippen LogP contribution in [0.4, 0.5) is 0 Å². The third-order valence-corrected chi connectivity index (χ3v) is 3.80. The van der Waals surface area contributed by atoms with Gasteiger partial charge in [0, 0.05) is 11.1 Å². The molecule has 7 nitrogen and oxygen atoms in total. The third kappa shape index (κ3) is 3.87. The molecule has 26 heavy (non-hydrogen) atoms. The number of carbonyl (C=O) groups is 1. The highest BCUT2D eigenvalue weighted by Gasteiger charge is 2.18. The number of ether oxygens (including phenoxy) is 1. The fourth-order valence-electron chi connectivity index (χ4n) is 2.56. The predicted molar refractivity (Wildman–Crippen MR) is 94.9 cm³/mol. The highest BCUT2D eigenvalue weighted by molar-refractivity contribution is 5.77. The summed E-state index contributed by atoms with van der Waals surface area (Å²) in [5.41, 5.74) is 2.21. The standard InChI is InChI=1S/C19H17N5O2/c1-26-18-10-6-5-9-15(18)16(11-20)21-19(25)13-24-12-17(22-23-24)14-7-3-2-4-8-14/h2-10,12,16H,13H2,1H3,(H,21,25). The van der Waals surface area contributed by atoms with Crippen molar-refractivity contribution in [1.82, 2.24) is 20.3 Å². The van der Waals surface area contributed by atoms with Crippen molar-refractivity contribution >= 4 is 5.91 Å². The third-order valence-electron chi connectivity index (χ3n) is 3.80. The molecule has 1 heterocycles. The summed E-state index contributed by atoms with van der Waals surface area (Å²) < 4.78 is 6.69. The number of nitrogens with one attached hydrogen (secondary N) is 1. The zero-order valence-corrected chi connectivity index (χ0v) is 14.2. The molecule has 0 bridgehead atoms. The van der Waals surface area contributed by atoms with Gasteiger partial charge in [0.05, 0.1) is 19.4 Å². The summed E-state index contributed by atoms with van der Waals surface area (Å²) in [7, 11) is 1.52. The quantitative estimate of drug-likeness (QED) is 0.739. The molecule has 1 N–H and O–H groups in total. The largest absolute Gasteiger partial charge is 0.496 e. The molecule has 0 fully saturated rings. The maximum Gasteiger partial charge on any atom is 0.243 e. The molecule has 3 aromatic rings. The lowest BCUT2D eigenvalue weighted by Crippen LogP contribution is -2.31. The predicted octanol–water partition coefficient (Wildman–Crippen LogP) is 2.33. The molecule has 3 rings (SSSR count). The molecule has 1 amide bonds. The first-order valence-electron chi connectivity index (χ1n) is 7.98. The van der Waals surface area contributed by atoms with Crippen molar-refractivity contribution in [3.8, 4) is 23.1 Å². The molecule has 0 spiro atoms. The number of benzene rings is 2. The lowest BCUT2D eigenvalue weighted by atomic mass is 10.1. The molecule has 130 valence electrons. The first-order valence-corrected chi connectivity index (χ1v) is 7.98. The van der Waals surface area contributed by atoms with Crippen LogP contribution in [0.5, 0.6) is 5.75 Å². The van der Waals surface area contributed by atoms with Gasteiger partial charge >= 0.3 is 0 Å². The number of aromatic nitrogens is 3. The van der Waals surface area contributed by atoms with Crippen molar-refractivity contribution in [2.24, 2.45) is 0 Å². The van der Waals surface area contributed by atoms with Crippen LogP contribution >= 0.6 is 0 Å². The Labute approximate surface area is 150 Å². The minimum atomic E-state index is -0.809. The molecule has 1 atom stereocenters. The molecule has 0 aliphatic heterocycles. The van der Waals surface area contributed by atoms with Gasteiger partial charge < -0.3 is 10.1 Å². The Hall–Kier alpha value is -3.66. The van der Waals surface area contributed by atoms with E-state index in [0.717, 1.165) is 5.56 Å². The zero-order valence-electron chi connectivity index (χ0n) is 14.2. The summed E-state index contributed by atoms with van der Waals surface area (Å²) >= 11 is 0. The average Bonchev–Trinajstić information content (AvgIpc) is 3.15. The Kier molecular flexibility index (Phi) is 5.25. The van der Waals surface area contributed by atoms with Crippen LogP contribution in [0.2, 0.25) is 0 Å². The molecule has 1 unspecified atom stereocenters. The van der Waals surface area contributed by atoms with E-state index in [1.54, 1.807) is 30.5 Å². The number of rotatable bonds is 6. The lowest BCUT2D eigenvalue weighted by molar-refractivity contribution is -0.122. The average molecular weight is 347 g/mol.